The average molecular weight is 257 g/mol. The number of benzene rings is 1. The number of hydrogen-bond acceptors (Lipinski definition) is 4. The van der Waals surface area contributed by atoms with Crippen molar-refractivity contribution in [2.45, 2.75) is 12.8 Å². The summed E-state index contributed by atoms with van der Waals surface area (Å²) in [4.78, 5) is 13.1. The minimum atomic E-state index is -0.189. The van der Waals surface area contributed by atoms with E-state index in [1.54, 1.807) is 7.11 Å². The van der Waals surface area contributed by atoms with Crippen LogP contribution in [0.2, 0.25) is 0 Å². The van der Waals surface area contributed by atoms with Gasteiger partial charge in [0.1, 0.15) is 18.8 Å². The topological polar surface area (TPSA) is 77.1 Å². The maximum absolute atomic E-state index is 11.8. The van der Waals surface area contributed by atoms with E-state index in [1.165, 1.54) is 4.90 Å². The number of carbonyl (C=O) groups is 1. The molecular formula is C14H15N3O2. The molecule has 0 unspecified atom stereocenters. The van der Waals surface area contributed by atoms with Crippen molar-refractivity contribution in [3.05, 3.63) is 29.8 Å². The molecule has 0 heterocycles. The molecule has 0 radical (unpaired) electrons. The average Bonchev–Trinajstić information content (AvgIpc) is 2.44. The van der Waals surface area contributed by atoms with Crippen LogP contribution in [0.15, 0.2) is 24.3 Å². The monoisotopic (exact) mass is 257 g/mol. The number of aryl methyl sites for hydroxylation is 1. The second-order valence-electron chi connectivity index (χ2n) is 3.92. The summed E-state index contributed by atoms with van der Waals surface area (Å²) in [6.45, 7) is -0.102. The first kappa shape index (κ1) is 14.5. The van der Waals surface area contributed by atoms with Crippen LogP contribution in [0.5, 0.6) is 5.75 Å². The number of ether oxygens (including phenoxy) is 1. The van der Waals surface area contributed by atoms with E-state index in [0.717, 1.165) is 11.3 Å². The van der Waals surface area contributed by atoms with E-state index in [-0.39, 0.29) is 25.4 Å². The normalized spacial score (nSPS) is 9.21. The molecule has 98 valence electrons. The largest absolute Gasteiger partial charge is 0.497 e. The lowest BCUT2D eigenvalue weighted by atomic mass is 10.1. The number of methoxy groups -OCH3 is 1. The highest BCUT2D eigenvalue weighted by molar-refractivity contribution is 5.77. The number of nitriles is 2. The van der Waals surface area contributed by atoms with Crippen LogP contribution in [0.1, 0.15) is 12.0 Å². The number of amides is 1. The lowest BCUT2D eigenvalue weighted by Crippen LogP contribution is -2.31. The van der Waals surface area contributed by atoms with Crippen LogP contribution in [0.3, 0.4) is 0 Å². The maximum Gasteiger partial charge on any atom is 0.224 e. The zero-order valence-corrected chi connectivity index (χ0v) is 10.8. The third-order valence-corrected chi connectivity index (χ3v) is 2.64. The summed E-state index contributed by atoms with van der Waals surface area (Å²) < 4.78 is 5.10. The number of carbonyl (C=O) groups excluding carboxylic acids is 1. The second-order valence-corrected chi connectivity index (χ2v) is 3.92. The Bertz CT molecular complexity index is 498. The van der Waals surface area contributed by atoms with E-state index in [9.17, 15) is 4.79 Å². The molecule has 1 aromatic carbocycles. The van der Waals surface area contributed by atoms with Crippen LogP contribution in [0, 0.1) is 22.7 Å². The molecule has 0 saturated carbocycles. The number of nitrogens with zero attached hydrogens (tertiary/aromatic N) is 3. The van der Waals surface area contributed by atoms with Crippen molar-refractivity contribution in [2.24, 2.45) is 0 Å². The Kier molecular flexibility index (Phi) is 5.91. The number of hydrogen-bond donors (Lipinski definition) is 0. The van der Waals surface area contributed by atoms with Gasteiger partial charge in [0, 0.05) is 6.42 Å². The molecule has 0 fully saturated rings. The van der Waals surface area contributed by atoms with Crippen LogP contribution < -0.4 is 4.74 Å². The minimum absolute atomic E-state index is 0.0511. The summed E-state index contributed by atoms with van der Waals surface area (Å²) in [5.74, 6) is 0.557. The van der Waals surface area contributed by atoms with Crippen molar-refractivity contribution in [3.63, 3.8) is 0 Å². The molecule has 0 aliphatic heterocycles. The molecule has 0 N–H and O–H groups in total. The van der Waals surface area contributed by atoms with E-state index in [2.05, 4.69) is 0 Å². The molecule has 5 nitrogen and oxygen atoms in total. The Labute approximate surface area is 112 Å². The van der Waals surface area contributed by atoms with Crippen molar-refractivity contribution < 1.29 is 9.53 Å². The van der Waals surface area contributed by atoms with E-state index in [4.69, 9.17) is 15.3 Å². The SMILES string of the molecule is COc1cccc(CCC(=O)N(CC#N)CC#N)c1. The summed E-state index contributed by atoms with van der Waals surface area (Å²) in [7, 11) is 1.59. The first-order valence-electron chi connectivity index (χ1n) is 5.86. The van der Waals surface area contributed by atoms with Crippen LogP contribution in [-0.4, -0.2) is 31.0 Å². The first-order valence-corrected chi connectivity index (χ1v) is 5.86. The highest BCUT2D eigenvalue weighted by atomic mass is 16.5. The highest BCUT2D eigenvalue weighted by Crippen LogP contribution is 2.14. The maximum atomic E-state index is 11.8. The molecule has 19 heavy (non-hydrogen) atoms. The van der Waals surface area contributed by atoms with E-state index >= 15 is 0 Å². The van der Waals surface area contributed by atoms with Gasteiger partial charge in [0.15, 0.2) is 0 Å². The quantitative estimate of drug-likeness (QED) is 0.724. The molecule has 0 saturated heterocycles. The molecule has 1 aromatic rings. The Balaban J connectivity index is 2.57. The Hall–Kier alpha value is -2.53. The number of rotatable bonds is 6. The lowest BCUT2D eigenvalue weighted by Gasteiger charge is -2.15. The molecule has 0 bridgehead atoms. The summed E-state index contributed by atoms with van der Waals surface area (Å²) >= 11 is 0. The molecule has 0 aromatic heterocycles. The summed E-state index contributed by atoms with van der Waals surface area (Å²) in [6, 6.07) is 11.2. The van der Waals surface area contributed by atoms with Crippen molar-refractivity contribution in [1.82, 2.24) is 4.90 Å². The van der Waals surface area contributed by atoms with Crippen LogP contribution in [0.4, 0.5) is 0 Å². The van der Waals surface area contributed by atoms with E-state index in [0.29, 0.717) is 6.42 Å². The van der Waals surface area contributed by atoms with Crippen molar-refractivity contribution in [2.75, 3.05) is 20.2 Å². The molecule has 1 rings (SSSR count). The second kappa shape index (κ2) is 7.73. The van der Waals surface area contributed by atoms with Gasteiger partial charge in [0.25, 0.3) is 0 Å². The molecule has 0 aliphatic rings. The van der Waals surface area contributed by atoms with Gasteiger partial charge in [0.05, 0.1) is 19.2 Å². The third kappa shape index (κ3) is 4.69. The van der Waals surface area contributed by atoms with Crippen LogP contribution in [-0.2, 0) is 11.2 Å². The van der Waals surface area contributed by atoms with Crippen molar-refractivity contribution in [3.8, 4) is 17.9 Å². The van der Waals surface area contributed by atoms with Gasteiger partial charge in [-0.05, 0) is 24.1 Å². The van der Waals surface area contributed by atoms with Crippen molar-refractivity contribution >= 4 is 5.91 Å². The van der Waals surface area contributed by atoms with Crippen LogP contribution >= 0.6 is 0 Å². The van der Waals surface area contributed by atoms with E-state index < -0.39 is 0 Å². The molecule has 5 heteroatoms. The molecule has 0 spiro atoms. The van der Waals surface area contributed by atoms with Gasteiger partial charge in [-0.2, -0.15) is 10.5 Å². The summed E-state index contributed by atoms with van der Waals surface area (Å²) in [6.07, 6.45) is 0.833. The van der Waals surface area contributed by atoms with Crippen molar-refractivity contribution in [1.29, 1.82) is 10.5 Å². The molecular weight excluding hydrogens is 242 g/mol. The van der Waals surface area contributed by atoms with Crippen LogP contribution in [0.25, 0.3) is 0 Å². The van der Waals surface area contributed by atoms with E-state index in [1.807, 2.05) is 36.4 Å². The van der Waals surface area contributed by atoms with Gasteiger partial charge in [-0.15, -0.1) is 0 Å². The smallest absolute Gasteiger partial charge is 0.224 e. The molecule has 1 amide bonds. The highest BCUT2D eigenvalue weighted by Gasteiger charge is 2.12. The zero-order chi connectivity index (χ0) is 14.1. The molecule has 0 atom stereocenters. The first-order chi connectivity index (χ1) is 9.21. The zero-order valence-electron chi connectivity index (χ0n) is 10.8. The van der Waals surface area contributed by atoms with Gasteiger partial charge >= 0.3 is 0 Å². The third-order valence-electron chi connectivity index (χ3n) is 2.64. The Morgan fingerprint density at radius 2 is 2.00 bits per heavy atom. The summed E-state index contributed by atoms with van der Waals surface area (Å²) in [5, 5.41) is 17.2. The fourth-order valence-corrected chi connectivity index (χ4v) is 1.64. The van der Waals surface area contributed by atoms with Gasteiger partial charge in [-0.25, -0.2) is 0 Å². The van der Waals surface area contributed by atoms with Gasteiger partial charge in [0.2, 0.25) is 5.91 Å². The predicted octanol–water partition coefficient (Wildman–Crippen LogP) is 1.50. The summed E-state index contributed by atoms with van der Waals surface area (Å²) in [5.41, 5.74) is 0.988. The Morgan fingerprint density at radius 1 is 1.32 bits per heavy atom. The molecule has 0 aliphatic carbocycles. The Morgan fingerprint density at radius 3 is 2.58 bits per heavy atom. The fourth-order valence-electron chi connectivity index (χ4n) is 1.64. The fraction of sp³-hybridized carbons (Fsp3) is 0.357. The van der Waals surface area contributed by atoms with Gasteiger partial charge in [-0.3, -0.25) is 4.79 Å². The predicted molar refractivity (Wildman–Crippen MR) is 69.1 cm³/mol. The lowest BCUT2D eigenvalue weighted by molar-refractivity contribution is -0.130. The van der Waals surface area contributed by atoms with Gasteiger partial charge in [-0.1, -0.05) is 12.1 Å². The minimum Gasteiger partial charge on any atom is -0.497 e. The standard InChI is InChI=1S/C14H15N3O2/c1-19-13-4-2-3-12(11-13)5-6-14(18)17(9-7-15)10-8-16/h2-4,11H,5-6,9-10H2,1H3. The van der Waals surface area contributed by atoms with Gasteiger partial charge < -0.3 is 9.64 Å².